The van der Waals surface area contributed by atoms with Crippen LogP contribution in [0.4, 0.5) is 0 Å². The first-order valence-electron chi connectivity index (χ1n) is 9.11. The summed E-state index contributed by atoms with van der Waals surface area (Å²) in [5.41, 5.74) is 2.91. The van der Waals surface area contributed by atoms with Gasteiger partial charge in [0.05, 0.1) is 0 Å². The van der Waals surface area contributed by atoms with Crippen LogP contribution in [-0.4, -0.2) is 41.9 Å². The first-order valence-corrected chi connectivity index (χ1v) is 10.6. The molecule has 0 saturated carbocycles. The molecule has 0 aromatic carbocycles. The van der Waals surface area contributed by atoms with Gasteiger partial charge >= 0.3 is 196 Å². The second-order valence-electron chi connectivity index (χ2n) is 5.70. The van der Waals surface area contributed by atoms with Crippen molar-refractivity contribution in [3.8, 4) is 0 Å². The predicted octanol–water partition coefficient (Wildman–Crippen LogP) is 3.01. The predicted molar refractivity (Wildman–Crippen MR) is 103 cm³/mol. The van der Waals surface area contributed by atoms with Crippen LogP contribution in [0.1, 0.15) is 45.4 Å². The maximum absolute atomic E-state index is 7.50. The zero-order chi connectivity index (χ0) is 25.1. The summed E-state index contributed by atoms with van der Waals surface area (Å²) >= 11 is 1.41. The summed E-state index contributed by atoms with van der Waals surface area (Å²) in [7, 11) is 1.81. The quantitative estimate of drug-likeness (QED) is 0.330. The minimum atomic E-state index is 0.522. The monoisotopic (exact) mass is 601 g/mol. The van der Waals surface area contributed by atoms with E-state index < -0.39 is 0 Å². The SMILES string of the molecule is CCO[C](=[W])/C=C(\C1=CCCCC1)N1CCC[C@H]1COC.[C-]#[O+].[C-]#[O+].[C-]#[O+].[C-]#[O+].[C-]#[O+]. The zero-order valence-electron chi connectivity index (χ0n) is 17.8. The third-order valence-corrected chi connectivity index (χ3v) is 5.05. The summed E-state index contributed by atoms with van der Waals surface area (Å²) in [4.78, 5) is 2.56. The van der Waals surface area contributed by atoms with E-state index >= 15 is 0 Å². The van der Waals surface area contributed by atoms with Crippen LogP contribution in [0.2, 0.25) is 0 Å². The Hall–Kier alpha value is -1.54. The molecule has 1 atom stereocenters. The van der Waals surface area contributed by atoms with Crippen LogP contribution >= 0.6 is 0 Å². The second kappa shape index (κ2) is 30.7. The summed E-state index contributed by atoms with van der Waals surface area (Å²) < 4.78 is 49.7. The Morgan fingerprint density at radius 2 is 1.65 bits per heavy atom. The molecular formula is C22H27NO7W. The van der Waals surface area contributed by atoms with Crippen molar-refractivity contribution < 1.29 is 52.1 Å². The summed E-state index contributed by atoms with van der Waals surface area (Å²) in [5.74, 6) is 0. The van der Waals surface area contributed by atoms with Crippen molar-refractivity contribution >= 4 is 4.08 Å². The van der Waals surface area contributed by atoms with Crippen LogP contribution in [0.25, 0.3) is 0 Å². The van der Waals surface area contributed by atoms with E-state index in [1.807, 2.05) is 7.11 Å². The van der Waals surface area contributed by atoms with E-state index in [1.165, 1.54) is 69.1 Å². The summed E-state index contributed by atoms with van der Waals surface area (Å²) in [5, 5.41) is 0. The van der Waals surface area contributed by atoms with Crippen LogP contribution in [0.15, 0.2) is 23.4 Å². The molecule has 0 bridgehead atoms. The molecular weight excluding hydrogens is 574 g/mol. The van der Waals surface area contributed by atoms with Crippen LogP contribution in [-0.2, 0) is 52.1 Å². The van der Waals surface area contributed by atoms with Gasteiger partial charge in [0.2, 0.25) is 0 Å². The molecule has 1 saturated heterocycles. The standard InChI is InChI=1S/C17H27NO2.5CO.W/c1-3-20-13-11-17(15-8-5-4-6-9-15)18-12-7-10-16(18)14-19-2;5*1-2;/h8,11,16H,3-7,9-10,12,14H2,1-2H3;;;;;;/b17-11+;;;;;;/t16-;;;;;;/m0....../s1. The molecule has 0 radical (unpaired) electrons. The van der Waals surface area contributed by atoms with E-state index in [1.54, 1.807) is 0 Å². The fourth-order valence-corrected chi connectivity index (χ4v) is 4.07. The first-order chi connectivity index (χ1) is 15.3. The number of rotatable bonds is 7. The van der Waals surface area contributed by atoms with Crippen LogP contribution in [0.5, 0.6) is 0 Å². The normalized spacial score (nSPS) is 16.1. The molecule has 1 aliphatic carbocycles. The number of likely N-dealkylation sites (tertiary alicyclic amines) is 1. The van der Waals surface area contributed by atoms with Gasteiger partial charge in [0.1, 0.15) is 0 Å². The third-order valence-electron chi connectivity index (χ3n) is 4.21. The van der Waals surface area contributed by atoms with Crippen LogP contribution < -0.4 is 0 Å². The molecule has 2 aliphatic rings. The molecule has 0 spiro atoms. The van der Waals surface area contributed by atoms with Crippen molar-refractivity contribution in [2.24, 2.45) is 0 Å². The van der Waals surface area contributed by atoms with Gasteiger partial charge in [-0.1, -0.05) is 0 Å². The topological polar surface area (TPSA) is 121 Å². The Bertz CT molecular complexity index is 583. The van der Waals surface area contributed by atoms with E-state index in [4.69, 9.17) is 32.7 Å². The summed E-state index contributed by atoms with van der Waals surface area (Å²) in [6.07, 6.45) is 12.3. The fourth-order valence-electron chi connectivity index (χ4n) is 3.24. The van der Waals surface area contributed by atoms with Gasteiger partial charge in [-0.3, -0.25) is 0 Å². The van der Waals surface area contributed by atoms with E-state index in [0.29, 0.717) is 6.04 Å². The van der Waals surface area contributed by atoms with Gasteiger partial charge in [0.15, 0.2) is 0 Å². The van der Waals surface area contributed by atoms with Crippen molar-refractivity contribution in [2.75, 3.05) is 26.9 Å². The molecule has 8 nitrogen and oxygen atoms in total. The van der Waals surface area contributed by atoms with E-state index in [9.17, 15) is 0 Å². The molecule has 31 heavy (non-hydrogen) atoms. The van der Waals surface area contributed by atoms with Gasteiger partial charge in [0.25, 0.3) is 0 Å². The maximum atomic E-state index is 7.50. The number of hydrogen-bond acceptors (Lipinski definition) is 3. The Labute approximate surface area is 196 Å². The minimum absolute atomic E-state index is 0.522. The Morgan fingerprint density at radius 1 is 1.06 bits per heavy atom. The van der Waals surface area contributed by atoms with Gasteiger partial charge in [-0.2, -0.15) is 0 Å². The molecule has 1 aliphatic heterocycles. The number of hydrogen-bond donors (Lipinski definition) is 0. The number of nitrogens with zero attached hydrogens (tertiary/aromatic N) is 1. The van der Waals surface area contributed by atoms with Crippen LogP contribution in [0, 0.1) is 33.3 Å². The average molecular weight is 601 g/mol. The molecule has 0 aromatic heterocycles. The van der Waals surface area contributed by atoms with Gasteiger partial charge in [0, 0.05) is 0 Å². The van der Waals surface area contributed by atoms with Gasteiger partial charge in [-0.15, -0.1) is 0 Å². The van der Waals surface area contributed by atoms with Crippen molar-refractivity contribution in [1.82, 2.24) is 4.90 Å². The second-order valence-corrected chi connectivity index (χ2v) is 7.15. The number of methoxy groups -OCH3 is 1. The Balaban J connectivity index is -0.000000320. The molecule has 9 heteroatoms. The molecule has 0 aromatic rings. The van der Waals surface area contributed by atoms with Gasteiger partial charge in [-0.25, -0.2) is 0 Å². The molecule has 0 amide bonds. The van der Waals surface area contributed by atoms with Gasteiger partial charge < -0.3 is 0 Å². The number of allylic oxidation sites excluding steroid dienone is 2. The zero-order valence-corrected chi connectivity index (χ0v) is 20.7. The van der Waals surface area contributed by atoms with E-state index in [0.717, 1.165) is 23.8 Å². The van der Waals surface area contributed by atoms with E-state index in [-0.39, 0.29) is 0 Å². The van der Waals surface area contributed by atoms with Crippen molar-refractivity contribution in [1.29, 1.82) is 0 Å². The summed E-state index contributed by atoms with van der Waals surface area (Å²) in [6, 6.07) is 0.522. The van der Waals surface area contributed by atoms with Gasteiger partial charge in [-0.05, 0) is 0 Å². The van der Waals surface area contributed by atoms with E-state index in [2.05, 4.69) is 57.2 Å². The third kappa shape index (κ3) is 16.8. The molecule has 0 N–H and O–H groups in total. The molecule has 2 rings (SSSR count). The van der Waals surface area contributed by atoms with Crippen LogP contribution in [0.3, 0.4) is 0 Å². The molecule has 1 heterocycles. The number of ether oxygens (including phenoxy) is 2. The first kappa shape index (κ1) is 36.8. The molecule has 0 unspecified atom stereocenters. The van der Waals surface area contributed by atoms with Crippen molar-refractivity contribution in [3.63, 3.8) is 0 Å². The summed E-state index contributed by atoms with van der Waals surface area (Å²) in [6.45, 7) is 27.3. The Kier molecular flexibility index (Phi) is 36.4. The fraction of sp³-hybridized carbons (Fsp3) is 0.545. The average Bonchev–Trinajstić information content (AvgIpc) is 3.33. The van der Waals surface area contributed by atoms with Crippen molar-refractivity contribution in [3.05, 3.63) is 56.7 Å². The Morgan fingerprint density at radius 3 is 2.10 bits per heavy atom. The molecule has 168 valence electrons. The molecule has 1 fully saturated rings. The van der Waals surface area contributed by atoms with Crippen molar-refractivity contribution in [2.45, 2.75) is 51.5 Å².